The van der Waals surface area contributed by atoms with Crippen LogP contribution in [-0.4, -0.2) is 50.8 Å². The van der Waals surface area contributed by atoms with Crippen molar-refractivity contribution in [3.63, 3.8) is 0 Å². The van der Waals surface area contributed by atoms with Crippen molar-refractivity contribution in [1.82, 2.24) is 14.3 Å². The molecule has 0 bridgehead atoms. The molecule has 1 N–H and O–H groups in total. The summed E-state index contributed by atoms with van der Waals surface area (Å²) in [6.07, 6.45) is 3.17. The zero-order chi connectivity index (χ0) is 28.2. The molecule has 1 fully saturated rings. The van der Waals surface area contributed by atoms with Crippen LogP contribution in [0.2, 0.25) is 0 Å². The van der Waals surface area contributed by atoms with E-state index in [1.54, 1.807) is 29.7 Å². The molecule has 40 heavy (non-hydrogen) atoms. The van der Waals surface area contributed by atoms with Crippen molar-refractivity contribution in [2.75, 3.05) is 19.8 Å². The second kappa shape index (κ2) is 11.7. The van der Waals surface area contributed by atoms with Gasteiger partial charge < -0.3 is 19.5 Å². The summed E-state index contributed by atoms with van der Waals surface area (Å²) in [7, 11) is 0. The van der Waals surface area contributed by atoms with Gasteiger partial charge in [0.1, 0.15) is 11.3 Å². The van der Waals surface area contributed by atoms with Crippen LogP contribution < -0.4 is 9.47 Å². The lowest BCUT2D eigenvalue weighted by atomic mass is 9.95. The summed E-state index contributed by atoms with van der Waals surface area (Å²) < 4.78 is 13.5. The topological polar surface area (TPSA) is 93.4 Å². The van der Waals surface area contributed by atoms with E-state index in [0.29, 0.717) is 60.3 Å². The Balaban J connectivity index is 1.66. The molecular formula is C32H33N3O5. The number of aliphatic hydroxyl groups is 1. The fourth-order valence-corrected chi connectivity index (χ4v) is 5.17. The number of pyridine rings is 1. The van der Waals surface area contributed by atoms with Gasteiger partial charge in [-0.3, -0.25) is 14.0 Å². The van der Waals surface area contributed by atoms with Crippen LogP contribution >= 0.6 is 0 Å². The van der Waals surface area contributed by atoms with Crippen LogP contribution in [0.15, 0.2) is 78.5 Å². The fraction of sp³-hybridized carbons (Fsp3) is 0.281. The van der Waals surface area contributed by atoms with Crippen molar-refractivity contribution in [2.24, 2.45) is 0 Å². The van der Waals surface area contributed by atoms with Crippen LogP contribution in [0.4, 0.5) is 0 Å². The summed E-state index contributed by atoms with van der Waals surface area (Å²) in [5.41, 5.74) is 3.28. The lowest BCUT2D eigenvalue weighted by Gasteiger charge is -2.26. The Labute approximate surface area is 233 Å². The molecule has 0 saturated carbocycles. The molecule has 4 aromatic rings. The number of fused-ring (bicyclic) bond motifs is 1. The number of aryl methyl sites for hydroxylation is 1. The zero-order valence-corrected chi connectivity index (χ0v) is 23.0. The average Bonchev–Trinajstić information content (AvgIpc) is 3.43. The van der Waals surface area contributed by atoms with Crippen molar-refractivity contribution >= 4 is 23.1 Å². The van der Waals surface area contributed by atoms with Crippen molar-refractivity contribution in [3.05, 3.63) is 101 Å². The van der Waals surface area contributed by atoms with Crippen molar-refractivity contribution in [1.29, 1.82) is 0 Å². The lowest BCUT2D eigenvalue weighted by Crippen LogP contribution is -2.31. The normalized spacial score (nSPS) is 16.6. The summed E-state index contributed by atoms with van der Waals surface area (Å²) in [5, 5.41) is 11.7. The maximum atomic E-state index is 13.6. The number of hydrogen-bond acceptors (Lipinski definition) is 6. The van der Waals surface area contributed by atoms with Gasteiger partial charge in [0.15, 0.2) is 17.3 Å². The minimum atomic E-state index is -0.822. The van der Waals surface area contributed by atoms with Gasteiger partial charge in [0.2, 0.25) is 0 Å². The molecule has 8 heteroatoms. The first-order valence-corrected chi connectivity index (χ1v) is 13.6. The van der Waals surface area contributed by atoms with Gasteiger partial charge in [0.25, 0.3) is 11.7 Å². The van der Waals surface area contributed by atoms with Crippen LogP contribution in [0.3, 0.4) is 0 Å². The number of hydrogen-bond donors (Lipinski definition) is 1. The van der Waals surface area contributed by atoms with E-state index in [1.807, 2.05) is 68.4 Å². The van der Waals surface area contributed by atoms with E-state index in [9.17, 15) is 14.7 Å². The minimum Gasteiger partial charge on any atom is -0.505 e. The monoisotopic (exact) mass is 539 g/mol. The summed E-state index contributed by atoms with van der Waals surface area (Å²) in [5.74, 6) is -0.534. The molecule has 206 valence electrons. The summed E-state index contributed by atoms with van der Waals surface area (Å²) >= 11 is 0. The highest BCUT2D eigenvalue weighted by molar-refractivity contribution is 6.46. The Morgan fingerprint density at radius 1 is 0.975 bits per heavy atom. The van der Waals surface area contributed by atoms with Gasteiger partial charge in [-0.1, -0.05) is 49.4 Å². The molecule has 1 amide bonds. The zero-order valence-electron chi connectivity index (χ0n) is 23.0. The fourth-order valence-electron chi connectivity index (χ4n) is 5.17. The highest BCUT2D eigenvalue weighted by Gasteiger charge is 2.46. The van der Waals surface area contributed by atoms with Crippen LogP contribution in [0.1, 0.15) is 48.8 Å². The highest BCUT2D eigenvalue weighted by Crippen LogP contribution is 2.42. The number of amides is 1. The van der Waals surface area contributed by atoms with Crippen LogP contribution in [0.25, 0.3) is 11.4 Å². The largest absolute Gasteiger partial charge is 0.505 e. The van der Waals surface area contributed by atoms with Gasteiger partial charge >= 0.3 is 0 Å². The number of aromatic nitrogens is 2. The van der Waals surface area contributed by atoms with Gasteiger partial charge in [0.05, 0.1) is 30.5 Å². The average molecular weight is 540 g/mol. The van der Waals surface area contributed by atoms with Gasteiger partial charge in [-0.05, 0) is 62.1 Å². The molecule has 1 unspecified atom stereocenters. The highest BCUT2D eigenvalue weighted by atomic mass is 16.5. The Hall–Kier alpha value is -4.59. The number of rotatable bonds is 10. The van der Waals surface area contributed by atoms with E-state index in [1.165, 1.54) is 4.90 Å². The predicted octanol–water partition coefficient (Wildman–Crippen LogP) is 5.49. The molecule has 3 heterocycles. The molecule has 8 nitrogen and oxygen atoms in total. The Morgan fingerprint density at radius 2 is 1.75 bits per heavy atom. The first-order valence-electron chi connectivity index (χ1n) is 13.6. The third-order valence-electron chi connectivity index (χ3n) is 7.00. The summed E-state index contributed by atoms with van der Waals surface area (Å²) in [6, 6.07) is 19.9. The molecule has 1 atom stereocenters. The second-order valence-electron chi connectivity index (χ2n) is 9.69. The quantitative estimate of drug-likeness (QED) is 0.163. The van der Waals surface area contributed by atoms with E-state index in [4.69, 9.17) is 9.47 Å². The Kier molecular flexibility index (Phi) is 7.86. The number of carbonyl (C=O) groups excluding carboxylic acids is 2. The lowest BCUT2D eigenvalue weighted by molar-refractivity contribution is -0.139. The number of aliphatic hydroxyl groups excluding tert-OH is 1. The number of Topliss-reactive ketones (excluding diaryl/α,β-unsaturated/α-hetero) is 1. The van der Waals surface area contributed by atoms with Gasteiger partial charge in [0, 0.05) is 12.7 Å². The summed E-state index contributed by atoms with van der Waals surface area (Å²) in [6.45, 7) is 6.92. The molecule has 1 aliphatic heterocycles. The first kappa shape index (κ1) is 27.0. The number of nitrogens with zero attached hydrogens (tertiary/aromatic N) is 3. The SMILES string of the molecule is CCCOc1ccc(C2C(=C(O)c3c(C)nc4ccccn34)C(=O)C(=O)N2CCc2ccccc2)cc1OCC. The molecule has 5 rings (SSSR count). The molecule has 0 aliphatic carbocycles. The molecule has 0 spiro atoms. The predicted molar refractivity (Wildman–Crippen MR) is 152 cm³/mol. The van der Waals surface area contributed by atoms with Crippen molar-refractivity contribution in [2.45, 2.75) is 39.7 Å². The molecule has 2 aromatic carbocycles. The minimum absolute atomic E-state index is 0.0245. The Bertz CT molecular complexity index is 1570. The second-order valence-corrected chi connectivity index (χ2v) is 9.69. The number of ketones is 1. The van der Waals surface area contributed by atoms with E-state index in [-0.39, 0.29) is 11.3 Å². The third kappa shape index (κ3) is 5.04. The molecule has 1 saturated heterocycles. The van der Waals surface area contributed by atoms with E-state index in [2.05, 4.69) is 4.98 Å². The summed E-state index contributed by atoms with van der Waals surface area (Å²) in [4.78, 5) is 33.2. The van der Waals surface area contributed by atoms with E-state index in [0.717, 1.165) is 12.0 Å². The van der Waals surface area contributed by atoms with Gasteiger partial charge in [-0.15, -0.1) is 0 Å². The van der Waals surface area contributed by atoms with Crippen LogP contribution in [0, 0.1) is 6.92 Å². The Morgan fingerprint density at radius 3 is 2.50 bits per heavy atom. The molecular weight excluding hydrogens is 506 g/mol. The molecule has 0 radical (unpaired) electrons. The van der Waals surface area contributed by atoms with E-state index < -0.39 is 17.7 Å². The van der Waals surface area contributed by atoms with Crippen LogP contribution in [-0.2, 0) is 16.0 Å². The number of ether oxygens (including phenoxy) is 2. The first-order chi connectivity index (χ1) is 19.4. The number of benzene rings is 2. The van der Waals surface area contributed by atoms with E-state index >= 15 is 0 Å². The smallest absolute Gasteiger partial charge is 0.295 e. The maximum absolute atomic E-state index is 13.6. The standard InChI is InChI=1S/C32H33N3O5/c1-4-19-40-24-15-14-23(20-25(24)39-5-2)29-27(30(36)28-21(3)33-26-13-9-10-17-34(26)28)31(37)32(38)35(29)18-16-22-11-7-6-8-12-22/h6-15,17,20,29,36H,4-5,16,18-19H2,1-3H3. The van der Waals surface area contributed by atoms with Gasteiger partial charge in [-0.25, -0.2) is 4.98 Å². The molecule has 2 aromatic heterocycles. The molecule has 1 aliphatic rings. The number of carbonyl (C=O) groups is 2. The van der Waals surface area contributed by atoms with Gasteiger partial charge in [-0.2, -0.15) is 0 Å². The third-order valence-corrected chi connectivity index (χ3v) is 7.00. The maximum Gasteiger partial charge on any atom is 0.295 e. The number of likely N-dealkylation sites (tertiary alicyclic amines) is 1. The van der Waals surface area contributed by atoms with Crippen molar-refractivity contribution < 1.29 is 24.2 Å². The van der Waals surface area contributed by atoms with Crippen molar-refractivity contribution in [3.8, 4) is 11.5 Å². The number of imidazole rings is 1. The van der Waals surface area contributed by atoms with Crippen LogP contribution in [0.5, 0.6) is 11.5 Å².